The first-order valence-electron chi connectivity index (χ1n) is 10.9. The largest absolute Gasteiger partial charge is 0.418 e. The van der Waals surface area contributed by atoms with Crippen molar-refractivity contribution in [1.29, 1.82) is 5.26 Å². The zero-order chi connectivity index (χ0) is 24.0. The minimum absolute atomic E-state index is 0.0880. The molecule has 0 amide bonds. The van der Waals surface area contributed by atoms with Crippen LogP contribution < -0.4 is 4.90 Å². The molecule has 172 valence electrons. The lowest BCUT2D eigenvalue weighted by atomic mass is 9.77. The van der Waals surface area contributed by atoms with Crippen molar-refractivity contribution in [3.8, 4) is 6.07 Å². The van der Waals surface area contributed by atoms with Crippen molar-refractivity contribution in [2.75, 3.05) is 4.90 Å². The fourth-order valence-corrected chi connectivity index (χ4v) is 5.93. The highest BCUT2D eigenvalue weighted by Crippen LogP contribution is 2.51. The Hall–Kier alpha value is -3.57. The summed E-state index contributed by atoms with van der Waals surface area (Å²) in [5.74, 6) is -0.400. The van der Waals surface area contributed by atoms with Gasteiger partial charge in [-0.15, -0.1) is 11.3 Å². The summed E-state index contributed by atoms with van der Waals surface area (Å²) in [4.78, 5) is 15.7. The molecule has 3 heterocycles. The monoisotopic (exact) mass is 479 g/mol. The summed E-state index contributed by atoms with van der Waals surface area (Å²) in [7, 11) is 0. The van der Waals surface area contributed by atoms with E-state index < -0.39 is 17.7 Å². The number of halogens is 3. The molecule has 0 bridgehead atoms. The molecule has 0 radical (unpaired) electrons. The van der Waals surface area contributed by atoms with E-state index in [0.29, 0.717) is 36.4 Å². The zero-order valence-corrected chi connectivity index (χ0v) is 19.1. The molecule has 1 aliphatic heterocycles. The van der Waals surface area contributed by atoms with Gasteiger partial charge in [0.2, 0.25) is 0 Å². The van der Waals surface area contributed by atoms with E-state index in [-0.39, 0.29) is 17.0 Å². The number of benzene rings is 1. The maximum Gasteiger partial charge on any atom is 0.418 e. The Balaban J connectivity index is 1.89. The third kappa shape index (κ3) is 3.48. The van der Waals surface area contributed by atoms with Crippen molar-refractivity contribution in [2.45, 2.75) is 38.3 Å². The van der Waals surface area contributed by atoms with Crippen LogP contribution in [0.25, 0.3) is 5.82 Å². The standard InChI is InChI=1S/C26H20F3N3OS/c1-16-11-14-34-24(16)22-17(15-30)25(31-12-4-5-13-31)32(20-9-6-10-21(33)23(20)22)19-8-3-2-7-18(19)26(27,28)29/h2-5,7-8,11-14,22H,6,9-10H2,1H3/t22-/m1/s1. The lowest BCUT2D eigenvalue weighted by Crippen LogP contribution is -2.37. The number of allylic oxidation sites excluding steroid dienone is 3. The molecule has 0 unspecified atom stereocenters. The van der Waals surface area contributed by atoms with Crippen LogP contribution in [0.4, 0.5) is 18.9 Å². The first-order chi connectivity index (χ1) is 16.3. The number of nitrogens with zero attached hydrogens (tertiary/aromatic N) is 3. The summed E-state index contributed by atoms with van der Waals surface area (Å²) in [5.41, 5.74) is 1.27. The Morgan fingerprint density at radius 2 is 1.82 bits per heavy atom. The molecule has 1 atom stereocenters. The molecule has 3 aromatic rings. The summed E-state index contributed by atoms with van der Waals surface area (Å²) >= 11 is 1.46. The van der Waals surface area contributed by atoms with E-state index in [4.69, 9.17) is 0 Å². The number of alkyl halides is 3. The summed E-state index contributed by atoms with van der Waals surface area (Å²) in [6, 6.07) is 13.1. The SMILES string of the molecule is Cc1ccsc1[C@@H]1C(C#N)=C(n2cccc2)N(c2ccccc2C(F)(F)F)C2=C1C(=O)CCC2. The predicted molar refractivity (Wildman–Crippen MR) is 125 cm³/mol. The van der Waals surface area contributed by atoms with Gasteiger partial charge in [0, 0.05) is 35.0 Å². The number of aryl methyl sites for hydroxylation is 1. The molecule has 34 heavy (non-hydrogen) atoms. The fraction of sp³-hybridized carbons (Fsp3) is 0.231. The molecule has 5 rings (SSSR count). The average Bonchev–Trinajstić information content (AvgIpc) is 3.49. The van der Waals surface area contributed by atoms with E-state index in [2.05, 4.69) is 6.07 Å². The Bertz CT molecular complexity index is 1370. The van der Waals surface area contributed by atoms with E-state index in [9.17, 15) is 23.2 Å². The fourth-order valence-electron chi connectivity index (χ4n) is 4.88. The van der Waals surface area contributed by atoms with Gasteiger partial charge in [-0.2, -0.15) is 18.4 Å². The number of nitriles is 1. The number of ketones is 1. The molecule has 2 aromatic heterocycles. The Labute approximate surface area is 198 Å². The van der Waals surface area contributed by atoms with Crippen LogP contribution in [0.1, 0.15) is 41.2 Å². The molecule has 4 nitrogen and oxygen atoms in total. The second-order valence-corrected chi connectivity index (χ2v) is 9.28. The van der Waals surface area contributed by atoms with Crippen LogP contribution in [0.2, 0.25) is 0 Å². The first-order valence-corrected chi connectivity index (χ1v) is 11.7. The number of hydrogen-bond donors (Lipinski definition) is 0. The van der Waals surface area contributed by atoms with Gasteiger partial charge >= 0.3 is 6.18 Å². The quantitative estimate of drug-likeness (QED) is 0.411. The van der Waals surface area contributed by atoms with Gasteiger partial charge in [-0.3, -0.25) is 9.69 Å². The van der Waals surface area contributed by atoms with Crippen LogP contribution in [-0.2, 0) is 11.0 Å². The average molecular weight is 480 g/mol. The summed E-state index contributed by atoms with van der Waals surface area (Å²) in [6.07, 6.45) is 0.115. The molecule has 0 saturated heterocycles. The zero-order valence-electron chi connectivity index (χ0n) is 18.3. The summed E-state index contributed by atoms with van der Waals surface area (Å²) < 4.78 is 44.0. The molecule has 0 spiro atoms. The Morgan fingerprint density at radius 1 is 1.09 bits per heavy atom. The maximum atomic E-state index is 14.1. The van der Waals surface area contributed by atoms with Crippen molar-refractivity contribution in [3.05, 3.63) is 93.1 Å². The predicted octanol–water partition coefficient (Wildman–Crippen LogP) is 6.88. The second kappa shape index (κ2) is 8.33. The van der Waals surface area contributed by atoms with Crippen LogP contribution in [0.3, 0.4) is 0 Å². The van der Waals surface area contributed by atoms with Gasteiger partial charge in [0.25, 0.3) is 0 Å². The number of rotatable bonds is 3. The number of para-hydroxylation sites is 1. The minimum atomic E-state index is -4.61. The number of carbonyl (C=O) groups is 1. The number of thiophene rings is 1. The molecule has 1 aliphatic carbocycles. The van der Waals surface area contributed by atoms with Crippen LogP contribution in [0.15, 0.2) is 77.1 Å². The molecule has 8 heteroatoms. The third-order valence-electron chi connectivity index (χ3n) is 6.31. The van der Waals surface area contributed by atoms with Gasteiger partial charge in [0.15, 0.2) is 5.78 Å². The van der Waals surface area contributed by atoms with Gasteiger partial charge < -0.3 is 4.57 Å². The lowest BCUT2D eigenvalue weighted by molar-refractivity contribution is -0.137. The third-order valence-corrected chi connectivity index (χ3v) is 7.40. The normalized spacial score (nSPS) is 18.9. The van der Waals surface area contributed by atoms with Crippen LogP contribution in [-0.4, -0.2) is 10.4 Å². The first kappa shape index (κ1) is 22.2. The van der Waals surface area contributed by atoms with E-state index in [0.717, 1.165) is 16.5 Å². The Morgan fingerprint density at radius 3 is 2.47 bits per heavy atom. The number of aromatic nitrogens is 1. The highest BCUT2D eigenvalue weighted by molar-refractivity contribution is 7.10. The van der Waals surface area contributed by atoms with E-state index >= 15 is 0 Å². The molecule has 1 aromatic carbocycles. The van der Waals surface area contributed by atoms with Gasteiger partial charge in [0.05, 0.1) is 28.8 Å². The van der Waals surface area contributed by atoms with Crippen LogP contribution in [0, 0.1) is 18.3 Å². The number of carbonyl (C=O) groups excluding carboxylic acids is 1. The molecular weight excluding hydrogens is 459 g/mol. The summed E-state index contributed by atoms with van der Waals surface area (Å²) in [5, 5.41) is 12.3. The van der Waals surface area contributed by atoms with Crippen molar-refractivity contribution in [2.24, 2.45) is 0 Å². The van der Waals surface area contributed by atoms with E-state index in [1.807, 2.05) is 18.4 Å². The van der Waals surface area contributed by atoms with Crippen LogP contribution in [0.5, 0.6) is 0 Å². The van der Waals surface area contributed by atoms with Crippen LogP contribution >= 0.6 is 11.3 Å². The minimum Gasteiger partial charge on any atom is -0.309 e. The van der Waals surface area contributed by atoms with E-state index in [1.54, 1.807) is 35.2 Å². The molecule has 2 aliphatic rings. The number of hydrogen-bond acceptors (Lipinski definition) is 4. The lowest BCUT2D eigenvalue weighted by Gasteiger charge is -2.41. The van der Waals surface area contributed by atoms with Crippen molar-refractivity contribution in [1.82, 2.24) is 4.57 Å². The second-order valence-electron chi connectivity index (χ2n) is 8.33. The maximum absolute atomic E-state index is 14.1. The topological polar surface area (TPSA) is 49.0 Å². The number of Topliss-reactive ketones (excluding diaryl/α,β-unsaturated/α-hetero) is 1. The highest BCUT2D eigenvalue weighted by Gasteiger charge is 2.44. The van der Waals surface area contributed by atoms with Crippen molar-refractivity contribution in [3.63, 3.8) is 0 Å². The molecule has 0 fully saturated rings. The van der Waals surface area contributed by atoms with Crippen molar-refractivity contribution < 1.29 is 18.0 Å². The molecule has 0 saturated carbocycles. The van der Waals surface area contributed by atoms with Gasteiger partial charge in [-0.25, -0.2) is 0 Å². The van der Waals surface area contributed by atoms with E-state index in [1.165, 1.54) is 28.4 Å². The number of anilines is 1. The van der Waals surface area contributed by atoms with Gasteiger partial charge in [0.1, 0.15) is 5.82 Å². The van der Waals surface area contributed by atoms with Crippen molar-refractivity contribution >= 4 is 28.6 Å². The molecule has 0 N–H and O–H groups in total. The van der Waals surface area contributed by atoms with Gasteiger partial charge in [-0.05, 0) is 61.0 Å². The highest BCUT2D eigenvalue weighted by atomic mass is 32.1. The molecular formula is C26H20F3N3OS. The Kier molecular flexibility index (Phi) is 5.45. The van der Waals surface area contributed by atoms with Gasteiger partial charge in [-0.1, -0.05) is 12.1 Å². The summed E-state index contributed by atoms with van der Waals surface area (Å²) in [6.45, 7) is 1.93. The smallest absolute Gasteiger partial charge is 0.309 e.